The van der Waals surface area contributed by atoms with Crippen molar-refractivity contribution in [3.63, 3.8) is 0 Å². The molecule has 122 valence electrons. The largest absolute Gasteiger partial charge is 0.423 e. The highest BCUT2D eigenvalue weighted by molar-refractivity contribution is 5.79. The van der Waals surface area contributed by atoms with E-state index in [0.29, 0.717) is 11.8 Å². The Bertz CT molecular complexity index is 506. The first-order valence-corrected chi connectivity index (χ1v) is 8.88. The van der Waals surface area contributed by atoms with Gasteiger partial charge in [-0.1, -0.05) is 20.3 Å². The van der Waals surface area contributed by atoms with Gasteiger partial charge in [-0.15, -0.1) is 10.2 Å². The lowest BCUT2D eigenvalue weighted by atomic mass is 9.85. The van der Waals surface area contributed by atoms with Gasteiger partial charge in [0.1, 0.15) is 6.04 Å². The van der Waals surface area contributed by atoms with Crippen LogP contribution in [0.4, 0.5) is 0 Å². The average molecular weight is 305 g/mol. The smallest absolute Gasteiger partial charge is 0.238 e. The summed E-state index contributed by atoms with van der Waals surface area (Å²) in [7, 11) is 0. The molecule has 22 heavy (non-hydrogen) atoms. The highest BCUT2D eigenvalue weighted by Crippen LogP contribution is 2.38. The van der Waals surface area contributed by atoms with E-state index in [2.05, 4.69) is 24.0 Å². The van der Waals surface area contributed by atoms with Gasteiger partial charge in [-0.3, -0.25) is 4.79 Å². The van der Waals surface area contributed by atoms with Crippen molar-refractivity contribution in [1.82, 2.24) is 15.1 Å². The fourth-order valence-corrected chi connectivity index (χ4v) is 3.53. The molecule has 5 heteroatoms. The van der Waals surface area contributed by atoms with Gasteiger partial charge < -0.3 is 9.32 Å². The van der Waals surface area contributed by atoms with E-state index in [1.165, 1.54) is 6.42 Å². The summed E-state index contributed by atoms with van der Waals surface area (Å²) in [6.45, 7) is 5.00. The van der Waals surface area contributed by atoms with E-state index in [4.69, 9.17) is 4.42 Å². The summed E-state index contributed by atoms with van der Waals surface area (Å²) < 4.78 is 5.94. The van der Waals surface area contributed by atoms with Crippen molar-refractivity contribution < 1.29 is 9.21 Å². The molecule has 2 heterocycles. The minimum atomic E-state index is -0.0109. The Morgan fingerprint density at radius 1 is 1.14 bits per heavy atom. The van der Waals surface area contributed by atoms with Crippen LogP contribution in [-0.2, 0) is 4.79 Å². The first kappa shape index (κ1) is 15.5. The predicted molar refractivity (Wildman–Crippen MR) is 83.3 cm³/mol. The van der Waals surface area contributed by atoms with Crippen molar-refractivity contribution in [3.8, 4) is 0 Å². The molecular weight excluding hydrogens is 278 g/mol. The Morgan fingerprint density at radius 2 is 1.86 bits per heavy atom. The number of nitrogens with zero attached hydrogens (tertiary/aromatic N) is 3. The monoisotopic (exact) mass is 305 g/mol. The highest BCUT2D eigenvalue weighted by atomic mass is 16.4. The number of likely N-dealkylation sites (tertiary alicyclic amines) is 1. The molecule has 1 aromatic rings. The predicted octanol–water partition coefficient (Wildman–Crippen LogP) is 3.83. The molecule has 1 amide bonds. The molecule has 0 aromatic carbocycles. The van der Waals surface area contributed by atoms with Gasteiger partial charge in [-0.2, -0.15) is 0 Å². The van der Waals surface area contributed by atoms with Crippen LogP contribution in [0.3, 0.4) is 0 Å². The number of hydrogen-bond donors (Lipinski definition) is 0. The molecule has 0 N–H and O–H groups in total. The Labute approximate surface area is 132 Å². The zero-order valence-corrected chi connectivity index (χ0v) is 13.8. The maximum atomic E-state index is 12.8. The van der Waals surface area contributed by atoms with Crippen molar-refractivity contribution in [2.24, 2.45) is 5.92 Å². The molecular formula is C17H27N3O2. The quantitative estimate of drug-likeness (QED) is 0.829. The van der Waals surface area contributed by atoms with Crippen molar-refractivity contribution in [3.05, 3.63) is 11.8 Å². The second kappa shape index (κ2) is 6.80. The fraction of sp³-hybridized carbons (Fsp3) is 0.824. The number of rotatable bonds is 5. The lowest BCUT2D eigenvalue weighted by Crippen LogP contribution is -2.41. The topological polar surface area (TPSA) is 59.2 Å². The summed E-state index contributed by atoms with van der Waals surface area (Å²) in [6, 6.07) is -0.0109. The first-order chi connectivity index (χ1) is 10.7. The Balaban J connectivity index is 1.76. The molecule has 5 nitrogen and oxygen atoms in total. The molecule has 1 atom stereocenters. The molecule has 1 saturated heterocycles. The van der Waals surface area contributed by atoms with Crippen molar-refractivity contribution in [2.45, 2.75) is 77.2 Å². The van der Waals surface area contributed by atoms with Gasteiger partial charge in [0.15, 0.2) is 0 Å². The maximum Gasteiger partial charge on any atom is 0.238 e. The molecule has 0 radical (unpaired) electrons. The number of piperidine rings is 1. The summed E-state index contributed by atoms with van der Waals surface area (Å²) in [4.78, 5) is 14.8. The number of hydrogen-bond acceptors (Lipinski definition) is 4. The van der Waals surface area contributed by atoms with Gasteiger partial charge >= 0.3 is 0 Å². The third kappa shape index (κ3) is 2.90. The van der Waals surface area contributed by atoms with E-state index >= 15 is 0 Å². The molecule has 1 aliphatic carbocycles. The molecule has 1 saturated carbocycles. The van der Waals surface area contributed by atoms with Crippen LogP contribution in [0.1, 0.15) is 89.0 Å². The highest BCUT2D eigenvalue weighted by Gasteiger charge is 2.35. The molecule has 3 rings (SSSR count). The van der Waals surface area contributed by atoms with Crippen LogP contribution in [0.5, 0.6) is 0 Å². The van der Waals surface area contributed by atoms with E-state index < -0.39 is 0 Å². The normalized spacial score (nSPS) is 22.9. The van der Waals surface area contributed by atoms with Crippen molar-refractivity contribution in [2.75, 3.05) is 6.54 Å². The van der Waals surface area contributed by atoms with Gasteiger partial charge in [0.25, 0.3) is 0 Å². The van der Waals surface area contributed by atoms with Crippen LogP contribution < -0.4 is 0 Å². The van der Waals surface area contributed by atoms with Gasteiger partial charge in [-0.05, 0) is 44.9 Å². The Hall–Kier alpha value is -1.39. The molecule has 1 aliphatic heterocycles. The van der Waals surface area contributed by atoms with Crippen molar-refractivity contribution in [1.29, 1.82) is 0 Å². The average Bonchev–Trinajstić information content (AvgIpc) is 2.96. The fourth-order valence-electron chi connectivity index (χ4n) is 3.53. The van der Waals surface area contributed by atoms with Gasteiger partial charge in [-0.25, -0.2) is 0 Å². The molecule has 1 unspecified atom stereocenters. The van der Waals surface area contributed by atoms with Crippen LogP contribution in [-0.4, -0.2) is 27.5 Å². The summed E-state index contributed by atoms with van der Waals surface area (Å²) in [6.07, 6.45) is 8.50. The zero-order chi connectivity index (χ0) is 15.5. The summed E-state index contributed by atoms with van der Waals surface area (Å²) in [5, 5.41) is 8.51. The molecule has 2 aliphatic rings. The molecule has 1 aromatic heterocycles. The third-order valence-corrected chi connectivity index (χ3v) is 5.32. The van der Waals surface area contributed by atoms with Crippen LogP contribution in [0, 0.1) is 5.92 Å². The standard InChI is InChI=1S/C17H27N3O2/c1-3-12(4-2)17(21)20-11-6-5-10-14(20)16-19-18-15(22-16)13-8-7-9-13/h12-14H,3-11H2,1-2H3. The van der Waals surface area contributed by atoms with Crippen molar-refractivity contribution >= 4 is 5.91 Å². The summed E-state index contributed by atoms with van der Waals surface area (Å²) >= 11 is 0. The third-order valence-electron chi connectivity index (χ3n) is 5.32. The SMILES string of the molecule is CCC(CC)C(=O)N1CCCCC1c1nnc(C2CCC2)o1. The van der Waals surface area contributed by atoms with E-state index in [1.807, 2.05) is 4.90 Å². The minimum absolute atomic E-state index is 0.0109. The number of amides is 1. The van der Waals surface area contributed by atoms with Crippen LogP contribution in [0.25, 0.3) is 0 Å². The minimum Gasteiger partial charge on any atom is -0.423 e. The first-order valence-electron chi connectivity index (χ1n) is 8.88. The van der Waals surface area contributed by atoms with Crippen LogP contribution in [0.2, 0.25) is 0 Å². The maximum absolute atomic E-state index is 12.8. The summed E-state index contributed by atoms with van der Waals surface area (Å²) in [5.74, 6) is 2.27. The lowest BCUT2D eigenvalue weighted by Gasteiger charge is -2.35. The second-order valence-electron chi connectivity index (χ2n) is 6.66. The van der Waals surface area contributed by atoms with Gasteiger partial charge in [0, 0.05) is 18.4 Å². The number of carbonyl (C=O) groups excluding carboxylic acids is 1. The van der Waals surface area contributed by atoms with Crippen LogP contribution in [0.15, 0.2) is 4.42 Å². The molecule has 0 spiro atoms. The molecule has 2 fully saturated rings. The van der Waals surface area contributed by atoms with E-state index in [1.54, 1.807) is 0 Å². The van der Waals surface area contributed by atoms with Gasteiger partial charge in [0.05, 0.1) is 0 Å². The summed E-state index contributed by atoms with van der Waals surface area (Å²) in [5.41, 5.74) is 0. The van der Waals surface area contributed by atoms with Crippen LogP contribution >= 0.6 is 0 Å². The Kier molecular flexibility index (Phi) is 4.79. The van der Waals surface area contributed by atoms with E-state index in [9.17, 15) is 4.79 Å². The lowest BCUT2D eigenvalue weighted by molar-refractivity contribution is -0.140. The zero-order valence-electron chi connectivity index (χ0n) is 13.8. The van der Waals surface area contributed by atoms with Gasteiger partial charge in [0.2, 0.25) is 17.7 Å². The number of carbonyl (C=O) groups is 1. The number of aromatic nitrogens is 2. The van der Waals surface area contributed by atoms with E-state index in [0.717, 1.165) is 57.4 Å². The Morgan fingerprint density at radius 3 is 2.50 bits per heavy atom. The second-order valence-corrected chi connectivity index (χ2v) is 6.66. The van der Waals surface area contributed by atoms with E-state index in [-0.39, 0.29) is 17.9 Å². The molecule has 0 bridgehead atoms.